The molecular formula is C18H18N6O2S. The molecule has 0 radical (unpaired) electrons. The molecule has 0 unspecified atom stereocenters. The Bertz CT molecular complexity index is 1070. The number of amides is 1. The van der Waals surface area contributed by atoms with E-state index in [1.807, 2.05) is 41.4 Å². The molecular weight excluding hydrogens is 364 g/mol. The van der Waals surface area contributed by atoms with Crippen LogP contribution in [0.15, 0.2) is 39.7 Å². The Morgan fingerprint density at radius 3 is 3.00 bits per heavy atom. The Hall–Kier alpha value is -3.07. The van der Waals surface area contributed by atoms with Gasteiger partial charge in [0.15, 0.2) is 5.65 Å². The third-order valence-corrected chi connectivity index (χ3v) is 4.69. The van der Waals surface area contributed by atoms with Crippen molar-refractivity contribution in [2.24, 2.45) is 0 Å². The molecule has 0 saturated carbocycles. The molecule has 4 heterocycles. The molecule has 4 aromatic rings. The monoisotopic (exact) mass is 382 g/mol. The zero-order valence-corrected chi connectivity index (χ0v) is 15.7. The number of anilines is 1. The number of carbonyl (C=O) groups is 1. The van der Waals surface area contributed by atoms with Crippen molar-refractivity contribution in [2.45, 2.75) is 32.7 Å². The topological polar surface area (TPSA) is 98.7 Å². The number of carbonyl (C=O) groups excluding carboxylic acids is 1. The summed E-state index contributed by atoms with van der Waals surface area (Å²) in [6, 6.07) is 4.01. The molecule has 138 valence electrons. The van der Waals surface area contributed by atoms with Gasteiger partial charge in [0.25, 0.3) is 0 Å². The van der Waals surface area contributed by atoms with Gasteiger partial charge in [-0.3, -0.25) is 4.79 Å². The summed E-state index contributed by atoms with van der Waals surface area (Å²) in [5.41, 5.74) is 2.33. The summed E-state index contributed by atoms with van der Waals surface area (Å²) in [6.07, 6.45) is 4.02. The minimum atomic E-state index is -0.136. The van der Waals surface area contributed by atoms with Gasteiger partial charge in [-0.25, -0.2) is 9.67 Å². The summed E-state index contributed by atoms with van der Waals surface area (Å²) in [4.78, 5) is 16.6. The maximum atomic E-state index is 12.2. The van der Waals surface area contributed by atoms with Crippen LogP contribution >= 0.6 is 11.3 Å². The quantitative estimate of drug-likeness (QED) is 0.546. The number of hydrogen-bond acceptors (Lipinski definition) is 7. The number of aryl methyl sites for hydroxylation is 1. The van der Waals surface area contributed by atoms with Gasteiger partial charge in [0.2, 0.25) is 17.7 Å². The molecule has 0 aliphatic carbocycles. The van der Waals surface area contributed by atoms with Gasteiger partial charge in [-0.05, 0) is 31.4 Å². The highest BCUT2D eigenvalue weighted by atomic mass is 32.1. The Morgan fingerprint density at radius 2 is 2.22 bits per heavy atom. The van der Waals surface area contributed by atoms with E-state index in [0.717, 1.165) is 16.6 Å². The Labute approximate surface area is 159 Å². The Morgan fingerprint density at radius 1 is 1.33 bits per heavy atom. The molecule has 0 spiro atoms. The van der Waals surface area contributed by atoms with Crippen LogP contribution in [0.25, 0.3) is 22.5 Å². The Balaban J connectivity index is 1.37. The molecule has 0 aromatic carbocycles. The van der Waals surface area contributed by atoms with Crippen LogP contribution in [0.3, 0.4) is 0 Å². The van der Waals surface area contributed by atoms with E-state index in [1.54, 1.807) is 23.7 Å². The first-order chi connectivity index (χ1) is 13.1. The van der Waals surface area contributed by atoms with Crippen LogP contribution in [0.2, 0.25) is 0 Å². The molecule has 27 heavy (non-hydrogen) atoms. The van der Waals surface area contributed by atoms with E-state index in [1.165, 1.54) is 0 Å². The van der Waals surface area contributed by atoms with Crippen LogP contribution in [-0.4, -0.2) is 30.9 Å². The standard InChI is InChI=1S/C18H18N6O2S/c1-11(2)24-17-13(8-20-24)7-14(9-19-17)21-15(25)3-4-16-22-23-18(26-16)12-5-6-27-10-12/h5-11H,3-4H2,1-2H3,(H,21,25). The van der Waals surface area contributed by atoms with Gasteiger partial charge in [0, 0.05) is 35.2 Å². The number of nitrogens with zero attached hydrogens (tertiary/aromatic N) is 5. The number of hydrogen-bond donors (Lipinski definition) is 1. The lowest BCUT2D eigenvalue weighted by molar-refractivity contribution is -0.116. The molecule has 9 heteroatoms. The average Bonchev–Trinajstić information content (AvgIpc) is 3.38. The van der Waals surface area contributed by atoms with Crippen molar-refractivity contribution in [3.05, 3.63) is 41.2 Å². The van der Waals surface area contributed by atoms with Gasteiger partial charge < -0.3 is 9.73 Å². The molecule has 8 nitrogen and oxygen atoms in total. The van der Waals surface area contributed by atoms with Gasteiger partial charge in [-0.15, -0.1) is 10.2 Å². The van der Waals surface area contributed by atoms with Crippen LogP contribution in [0.5, 0.6) is 0 Å². The maximum absolute atomic E-state index is 12.2. The van der Waals surface area contributed by atoms with E-state index >= 15 is 0 Å². The normalized spacial score (nSPS) is 11.4. The third kappa shape index (κ3) is 3.72. The van der Waals surface area contributed by atoms with Gasteiger partial charge in [-0.1, -0.05) is 0 Å². The lowest BCUT2D eigenvalue weighted by Crippen LogP contribution is -2.12. The molecule has 0 bridgehead atoms. The highest BCUT2D eigenvalue weighted by molar-refractivity contribution is 7.08. The Kier molecular flexibility index (Phi) is 4.68. The number of thiophene rings is 1. The zero-order valence-electron chi connectivity index (χ0n) is 14.9. The summed E-state index contributed by atoms with van der Waals surface area (Å²) in [5.74, 6) is 0.782. The van der Waals surface area contributed by atoms with Crippen LogP contribution in [0.4, 0.5) is 5.69 Å². The van der Waals surface area contributed by atoms with E-state index in [9.17, 15) is 4.79 Å². The number of nitrogens with one attached hydrogen (secondary N) is 1. The summed E-state index contributed by atoms with van der Waals surface area (Å²) in [7, 11) is 0. The van der Waals surface area contributed by atoms with Crippen LogP contribution < -0.4 is 5.32 Å². The third-order valence-electron chi connectivity index (χ3n) is 4.01. The maximum Gasteiger partial charge on any atom is 0.248 e. The van der Waals surface area contributed by atoms with Gasteiger partial charge in [0.05, 0.1) is 18.1 Å². The van der Waals surface area contributed by atoms with Crippen molar-refractivity contribution in [1.29, 1.82) is 0 Å². The van der Waals surface area contributed by atoms with Crippen LogP contribution in [0, 0.1) is 0 Å². The SMILES string of the molecule is CC(C)n1ncc2cc(NC(=O)CCc3nnc(-c4ccsc4)o3)cnc21. The first kappa shape index (κ1) is 17.3. The highest BCUT2D eigenvalue weighted by Gasteiger charge is 2.12. The lowest BCUT2D eigenvalue weighted by atomic mass is 10.2. The summed E-state index contributed by atoms with van der Waals surface area (Å²) in [5, 5.41) is 20.0. The van der Waals surface area contributed by atoms with Crippen LogP contribution in [0.1, 0.15) is 32.2 Å². The largest absolute Gasteiger partial charge is 0.421 e. The number of rotatable bonds is 6. The van der Waals surface area contributed by atoms with E-state index in [2.05, 4.69) is 25.6 Å². The first-order valence-electron chi connectivity index (χ1n) is 8.58. The molecule has 0 aliphatic rings. The minimum Gasteiger partial charge on any atom is -0.421 e. The minimum absolute atomic E-state index is 0.136. The fourth-order valence-electron chi connectivity index (χ4n) is 2.69. The van der Waals surface area contributed by atoms with Crippen molar-refractivity contribution in [3.63, 3.8) is 0 Å². The smallest absolute Gasteiger partial charge is 0.248 e. The zero-order chi connectivity index (χ0) is 18.8. The molecule has 4 rings (SSSR count). The second-order valence-corrected chi connectivity index (χ2v) is 7.16. The average molecular weight is 382 g/mol. The fourth-order valence-corrected chi connectivity index (χ4v) is 3.32. The molecule has 0 saturated heterocycles. The van der Waals surface area contributed by atoms with E-state index < -0.39 is 0 Å². The van der Waals surface area contributed by atoms with Gasteiger partial charge >= 0.3 is 0 Å². The van der Waals surface area contributed by atoms with Crippen molar-refractivity contribution in [2.75, 3.05) is 5.32 Å². The lowest BCUT2D eigenvalue weighted by Gasteiger charge is -2.07. The summed E-state index contributed by atoms with van der Waals surface area (Å²) >= 11 is 1.56. The van der Waals surface area contributed by atoms with E-state index in [0.29, 0.717) is 23.9 Å². The number of aromatic nitrogens is 5. The van der Waals surface area contributed by atoms with Crippen molar-refractivity contribution < 1.29 is 9.21 Å². The summed E-state index contributed by atoms with van der Waals surface area (Å²) < 4.78 is 7.44. The molecule has 1 N–H and O–H groups in total. The predicted molar refractivity (Wildman–Crippen MR) is 102 cm³/mol. The number of pyridine rings is 1. The van der Waals surface area contributed by atoms with Gasteiger partial charge in [0.1, 0.15) is 0 Å². The first-order valence-corrected chi connectivity index (χ1v) is 9.52. The molecule has 1 amide bonds. The summed E-state index contributed by atoms with van der Waals surface area (Å²) in [6.45, 7) is 4.09. The van der Waals surface area contributed by atoms with E-state index in [-0.39, 0.29) is 18.4 Å². The molecule has 0 fully saturated rings. The van der Waals surface area contributed by atoms with E-state index in [4.69, 9.17) is 4.42 Å². The van der Waals surface area contributed by atoms with Crippen molar-refractivity contribution >= 4 is 34.0 Å². The molecule has 0 aliphatic heterocycles. The van der Waals surface area contributed by atoms with Crippen molar-refractivity contribution in [3.8, 4) is 11.5 Å². The highest BCUT2D eigenvalue weighted by Crippen LogP contribution is 2.21. The second-order valence-electron chi connectivity index (χ2n) is 6.38. The van der Waals surface area contributed by atoms with Crippen LogP contribution in [-0.2, 0) is 11.2 Å². The second kappa shape index (κ2) is 7.28. The molecule has 4 aromatic heterocycles. The van der Waals surface area contributed by atoms with Crippen molar-refractivity contribution in [1.82, 2.24) is 25.0 Å². The number of fused-ring (bicyclic) bond motifs is 1. The van der Waals surface area contributed by atoms with Gasteiger partial charge in [-0.2, -0.15) is 16.4 Å². The molecule has 0 atom stereocenters. The fraction of sp³-hybridized carbons (Fsp3) is 0.278. The predicted octanol–water partition coefficient (Wildman–Crippen LogP) is 3.70.